The molecule has 0 aliphatic heterocycles. The predicted molar refractivity (Wildman–Crippen MR) is 145 cm³/mol. The van der Waals surface area contributed by atoms with Gasteiger partial charge in [0, 0.05) is 6.92 Å². The van der Waals surface area contributed by atoms with E-state index in [-0.39, 0.29) is 47.7 Å². The lowest BCUT2D eigenvalue weighted by Crippen LogP contribution is -2.55. The van der Waals surface area contributed by atoms with Crippen molar-refractivity contribution >= 4 is 5.97 Å². The quantitative estimate of drug-likeness (QED) is 0.184. The lowest BCUT2D eigenvalue weighted by Gasteiger charge is -2.49. The molecule has 4 aliphatic carbocycles. The van der Waals surface area contributed by atoms with Gasteiger partial charge in [-0.1, -0.05) is 44.2 Å². The van der Waals surface area contributed by atoms with Gasteiger partial charge in [-0.15, -0.1) is 0 Å². The van der Waals surface area contributed by atoms with Crippen LogP contribution in [0.3, 0.4) is 0 Å². The first-order chi connectivity index (χ1) is 18.9. The van der Waals surface area contributed by atoms with E-state index in [0.717, 1.165) is 81.4 Å². The SMILES string of the molecule is C=C1/C(=C\C=C2/CCC[C@@]3(C)C2CC[C@@H]3C(C)(C/C=C/C(O)(C(F)(F)F)C(F)(F)F)C2CC2)CCC[C@@H]1OC(C)=O. The first kappa shape index (κ1) is 31.9. The first-order valence-corrected chi connectivity index (χ1v) is 14.7. The molecule has 0 heterocycles. The number of aliphatic hydroxyl groups is 1. The highest BCUT2D eigenvalue weighted by Gasteiger charge is 2.69. The van der Waals surface area contributed by atoms with Crippen LogP contribution in [0.2, 0.25) is 0 Å². The third kappa shape index (κ3) is 6.07. The molecule has 5 atom stereocenters. The van der Waals surface area contributed by atoms with Gasteiger partial charge in [-0.3, -0.25) is 4.79 Å². The van der Waals surface area contributed by atoms with E-state index in [2.05, 4.69) is 25.7 Å². The molecule has 0 aromatic rings. The van der Waals surface area contributed by atoms with E-state index in [1.807, 2.05) is 6.92 Å². The highest BCUT2D eigenvalue weighted by atomic mass is 19.4. The second-order valence-corrected chi connectivity index (χ2v) is 13.1. The Morgan fingerprint density at radius 1 is 1.02 bits per heavy atom. The van der Waals surface area contributed by atoms with Crippen molar-refractivity contribution in [2.45, 2.75) is 115 Å². The van der Waals surface area contributed by atoms with Crippen molar-refractivity contribution in [3.8, 4) is 0 Å². The molecule has 230 valence electrons. The Kier molecular flexibility index (Phi) is 8.74. The molecule has 0 radical (unpaired) electrons. The number of hydrogen-bond donors (Lipinski definition) is 1. The number of fused-ring (bicyclic) bond motifs is 1. The number of halogens is 6. The summed E-state index contributed by atoms with van der Waals surface area (Å²) >= 11 is 0. The molecule has 4 fully saturated rings. The Bertz CT molecular complexity index is 1100. The van der Waals surface area contributed by atoms with Crippen molar-refractivity contribution in [2.75, 3.05) is 0 Å². The summed E-state index contributed by atoms with van der Waals surface area (Å²) < 4.78 is 85.0. The zero-order valence-electron chi connectivity index (χ0n) is 24.1. The van der Waals surface area contributed by atoms with Crippen molar-refractivity contribution in [1.82, 2.24) is 0 Å². The van der Waals surface area contributed by atoms with Gasteiger partial charge in [-0.05, 0) is 116 Å². The molecule has 4 saturated carbocycles. The van der Waals surface area contributed by atoms with Crippen LogP contribution in [0.4, 0.5) is 26.3 Å². The molecule has 0 amide bonds. The second kappa shape index (κ2) is 11.2. The summed E-state index contributed by atoms with van der Waals surface area (Å²) in [7, 11) is 0. The third-order valence-electron chi connectivity index (χ3n) is 10.6. The number of ether oxygens (including phenoxy) is 1. The van der Waals surface area contributed by atoms with E-state index in [4.69, 9.17) is 4.74 Å². The summed E-state index contributed by atoms with van der Waals surface area (Å²) in [6.07, 6.45) is 2.14. The van der Waals surface area contributed by atoms with Gasteiger partial charge in [0.05, 0.1) is 0 Å². The van der Waals surface area contributed by atoms with Gasteiger partial charge < -0.3 is 9.84 Å². The number of rotatable bonds is 7. The largest absolute Gasteiger partial charge is 0.458 e. The minimum Gasteiger partial charge on any atom is -0.458 e. The number of allylic oxidation sites excluding steroid dienone is 4. The molecule has 9 heteroatoms. The fraction of sp³-hybridized carbons (Fsp3) is 0.719. The first-order valence-electron chi connectivity index (χ1n) is 14.7. The van der Waals surface area contributed by atoms with Gasteiger partial charge >= 0.3 is 18.3 Å². The highest BCUT2D eigenvalue weighted by molar-refractivity contribution is 5.66. The number of alkyl halides is 6. The molecule has 0 aromatic carbocycles. The number of hydrogen-bond acceptors (Lipinski definition) is 3. The van der Waals surface area contributed by atoms with Crippen LogP contribution in [-0.4, -0.2) is 35.1 Å². The summed E-state index contributed by atoms with van der Waals surface area (Å²) in [5, 5.41) is 9.64. The number of esters is 1. The zero-order valence-corrected chi connectivity index (χ0v) is 24.1. The van der Waals surface area contributed by atoms with E-state index in [9.17, 15) is 36.2 Å². The molecule has 0 spiro atoms. The summed E-state index contributed by atoms with van der Waals surface area (Å²) in [5.74, 6) is 0.323. The van der Waals surface area contributed by atoms with Crippen LogP contribution in [-0.2, 0) is 9.53 Å². The van der Waals surface area contributed by atoms with Gasteiger partial charge in [0.1, 0.15) is 6.10 Å². The number of carbonyl (C=O) groups excluding carboxylic acids is 1. The van der Waals surface area contributed by atoms with E-state index < -0.39 is 23.4 Å². The highest BCUT2D eigenvalue weighted by Crippen LogP contribution is 2.67. The van der Waals surface area contributed by atoms with Gasteiger partial charge in [-0.25, -0.2) is 0 Å². The molecule has 4 aliphatic rings. The minimum atomic E-state index is -5.86. The average molecular weight is 589 g/mol. The topological polar surface area (TPSA) is 46.5 Å². The molecular formula is C32H42F6O3. The smallest absolute Gasteiger partial charge is 0.429 e. The Balaban J connectivity index is 1.57. The normalized spacial score (nSPS) is 33.3. The predicted octanol–water partition coefficient (Wildman–Crippen LogP) is 8.95. The van der Waals surface area contributed by atoms with Crippen molar-refractivity contribution in [3.05, 3.63) is 47.6 Å². The Morgan fingerprint density at radius 3 is 2.27 bits per heavy atom. The molecule has 0 saturated heterocycles. The van der Waals surface area contributed by atoms with Crippen LogP contribution in [0.1, 0.15) is 91.4 Å². The van der Waals surface area contributed by atoms with Gasteiger partial charge in [0.15, 0.2) is 0 Å². The summed E-state index contributed by atoms with van der Waals surface area (Å²) in [4.78, 5) is 11.5. The maximum Gasteiger partial charge on any atom is 0.429 e. The second-order valence-electron chi connectivity index (χ2n) is 13.1. The Labute approximate surface area is 238 Å². The van der Waals surface area contributed by atoms with E-state index in [1.54, 1.807) is 0 Å². The molecule has 0 aromatic heterocycles. The molecular weight excluding hydrogens is 546 g/mol. The maximum atomic E-state index is 13.3. The van der Waals surface area contributed by atoms with Crippen LogP contribution >= 0.6 is 0 Å². The summed E-state index contributed by atoms with van der Waals surface area (Å²) in [6.45, 7) is 9.84. The van der Waals surface area contributed by atoms with E-state index >= 15 is 0 Å². The van der Waals surface area contributed by atoms with Crippen LogP contribution in [0.5, 0.6) is 0 Å². The van der Waals surface area contributed by atoms with Crippen LogP contribution in [0.15, 0.2) is 47.6 Å². The number of carbonyl (C=O) groups is 1. The molecule has 3 nitrogen and oxygen atoms in total. The van der Waals surface area contributed by atoms with Crippen LogP contribution in [0.25, 0.3) is 0 Å². The van der Waals surface area contributed by atoms with Crippen molar-refractivity contribution in [2.24, 2.45) is 28.6 Å². The fourth-order valence-electron chi connectivity index (χ4n) is 8.24. The molecule has 1 N–H and O–H groups in total. The molecule has 2 unspecified atom stereocenters. The fourth-order valence-corrected chi connectivity index (χ4v) is 8.24. The zero-order chi connectivity index (χ0) is 30.4. The standard InChI is InChI=1S/C32H42F6O3/c1-20-22(8-5-10-26(20)41-21(2)39)11-12-23-9-6-17-29(4)25(23)15-16-27(29)28(3,24-13-14-24)18-7-19-30(40,31(33,34)35)32(36,37)38/h7,11-12,19,24-27,40H,1,5-6,8-10,13-18H2,2-4H3/b19-7+,22-11-,23-12+/t25?,26-,27+,28?,29-/m0/s1. The van der Waals surface area contributed by atoms with E-state index in [1.165, 1.54) is 12.5 Å². The lowest BCUT2D eigenvalue weighted by molar-refractivity contribution is -0.347. The van der Waals surface area contributed by atoms with Crippen molar-refractivity contribution < 1.29 is 41.0 Å². The van der Waals surface area contributed by atoms with Gasteiger partial charge in [0.25, 0.3) is 5.60 Å². The molecule has 0 bridgehead atoms. The lowest BCUT2D eigenvalue weighted by atomic mass is 9.55. The average Bonchev–Trinajstić information content (AvgIpc) is 3.65. The Morgan fingerprint density at radius 2 is 1.68 bits per heavy atom. The summed E-state index contributed by atoms with van der Waals surface area (Å²) in [6, 6.07) is 0. The van der Waals surface area contributed by atoms with E-state index in [0.29, 0.717) is 0 Å². The van der Waals surface area contributed by atoms with Gasteiger partial charge in [0.2, 0.25) is 0 Å². The summed E-state index contributed by atoms with van der Waals surface area (Å²) in [5.41, 5.74) is -2.22. The Hall–Kier alpha value is -2.03. The molecule has 41 heavy (non-hydrogen) atoms. The van der Waals surface area contributed by atoms with Crippen molar-refractivity contribution in [3.63, 3.8) is 0 Å². The molecule has 4 rings (SSSR count). The van der Waals surface area contributed by atoms with Crippen LogP contribution in [0, 0.1) is 28.6 Å². The van der Waals surface area contributed by atoms with Crippen molar-refractivity contribution in [1.29, 1.82) is 0 Å². The van der Waals surface area contributed by atoms with Gasteiger partial charge in [-0.2, -0.15) is 26.3 Å². The third-order valence-corrected chi connectivity index (χ3v) is 10.6. The minimum absolute atomic E-state index is 0.0551. The maximum absolute atomic E-state index is 13.3. The monoisotopic (exact) mass is 588 g/mol. The van der Waals surface area contributed by atoms with Crippen LogP contribution < -0.4 is 0 Å².